The van der Waals surface area contributed by atoms with E-state index in [9.17, 15) is 9.59 Å². The predicted octanol–water partition coefficient (Wildman–Crippen LogP) is 4.51. The average molecular weight is 405 g/mol. The van der Waals surface area contributed by atoms with Crippen molar-refractivity contribution in [2.24, 2.45) is 0 Å². The molecule has 2 heterocycles. The van der Waals surface area contributed by atoms with Crippen molar-refractivity contribution in [3.8, 4) is 11.5 Å². The fraction of sp³-hybridized carbons (Fsp3) is 0.136. The summed E-state index contributed by atoms with van der Waals surface area (Å²) in [6.07, 6.45) is 1.43. The Kier molecular flexibility index (Phi) is 5.14. The number of thiophene rings is 1. The maximum Gasteiger partial charge on any atom is 0.262 e. The van der Waals surface area contributed by atoms with Gasteiger partial charge in [-0.15, -0.1) is 11.3 Å². The molecule has 7 heteroatoms. The van der Waals surface area contributed by atoms with Crippen molar-refractivity contribution in [1.29, 1.82) is 0 Å². The SMILES string of the molecule is Cc1sc2ncn(CC(=O)Nc3ccc(Oc4ccccc4)cc3)c(=O)c2c1C. The lowest BCUT2D eigenvalue weighted by molar-refractivity contribution is -0.116. The zero-order chi connectivity index (χ0) is 20.4. The summed E-state index contributed by atoms with van der Waals surface area (Å²) in [4.78, 5) is 31.2. The Morgan fingerprint density at radius 3 is 2.48 bits per heavy atom. The topological polar surface area (TPSA) is 73.2 Å². The van der Waals surface area contributed by atoms with Gasteiger partial charge in [0.05, 0.1) is 11.7 Å². The molecule has 29 heavy (non-hydrogen) atoms. The number of ether oxygens (including phenoxy) is 1. The Balaban J connectivity index is 1.45. The molecule has 0 spiro atoms. The average Bonchev–Trinajstić information content (AvgIpc) is 3.01. The summed E-state index contributed by atoms with van der Waals surface area (Å²) in [5, 5.41) is 3.39. The zero-order valence-corrected chi connectivity index (χ0v) is 16.8. The van der Waals surface area contributed by atoms with Crippen molar-refractivity contribution in [1.82, 2.24) is 9.55 Å². The minimum absolute atomic E-state index is 0.0988. The molecule has 2 aromatic carbocycles. The van der Waals surface area contributed by atoms with Crippen LogP contribution in [0.5, 0.6) is 11.5 Å². The normalized spacial score (nSPS) is 10.8. The summed E-state index contributed by atoms with van der Waals surface area (Å²) in [7, 11) is 0. The number of aromatic nitrogens is 2. The van der Waals surface area contributed by atoms with Gasteiger partial charge in [0.1, 0.15) is 22.9 Å². The molecular formula is C22H19N3O3S. The van der Waals surface area contributed by atoms with E-state index in [1.54, 1.807) is 24.3 Å². The molecule has 0 saturated carbocycles. The van der Waals surface area contributed by atoms with Crippen molar-refractivity contribution < 1.29 is 9.53 Å². The van der Waals surface area contributed by atoms with Crippen LogP contribution in [0.2, 0.25) is 0 Å². The first-order chi connectivity index (χ1) is 14.0. The summed E-state index contributed by atoms with van der Waals surface area (Å²) < 4.78 is 7.08. The molecule has 4 aromatic rings. The Labute approximate surface area is 171 Å². The molecule has 1 amide bonds. The van der Waals surface area contributed by atoms with Gasteiger partial charge in [0, 0.05) is 10.6 Å². The summed E-state index contributed by atoms with van der Waals surface area (Å²) in [5.41, 5.74) is 1.35. The van der Waals surface area contributed by atoms with E-state index in [-0.39, 0.29) is 18.0 Å². The number of carbonyl (C=O) groups is 1. The maximum absolute atomic E-state index is 12.7. The first-order valence-corrected chi connectivity index (χ1v) is 9.91. The van der Waals surface area contributed by atoms with Crippen molar-refractivity contribution in [2.45, 2.75) is 20.4 Å². The smallest absolute Gasteiger partial charge is 0.262 e. The van der Waals surface area contributed by atoms with Crippen LogP contribution in [0.4, 0.5) is 5.69 Å². The van der Waals surface area contributed by atoms with E-state index in [0.29, 0.717) is 21.7 Å². The van der Waals surface area contributed by atoms with E-state index in [1.165, 1.54) is 22.2 Å². The highest BCUT2D eigenvalue weighted by molar-refractivity contribution is 7.18. The predicted molar refractivity (Wildman–Crippen MR) is 115 cm³/mol. The number of carbonyl (C=O) groups excluding carboxylic acids is 1. The molecule has 0 aliphatic rings. The van der Waals surface area contributed by atoms with Gasteiger partial charge < -0.3 is 10.1 Å². The van der Waals surface area contributed by atoms with Gasteiger partial charge in [-0.25, -0.2) is 4.98 Å². The highest BCUT2D eigenvalue weighted by Gasteiger charge is 2.13. The lowest BCUT2D eigenvalue weighted by Crippen LogP contribution is -2.27. The van der Waals surface area contributed by atoms with Gasteiger partial charge in [-0.1, -0.05) is 18.2 Å². The number of para-hydroxylation sites is 1. The second-order valence-electron chi connectivity index (χ2n) is 6.63. The lowest BCUT2D eigenvalue weighted by atomic mass is 10.2. The van der Waals surface area contributed by atoms with Crippen LogP contribution >= 0.6 is 11.3 Å². The number of nitrogens with one attached hydrogen (secondary N) is 1. The number of benzene rings is 2. The van der Waals surface area contributed by atoms with Gasteiger partial charge in [-0.05, 0) is 55.8 Å². The van der Waals surface area contributed by atoms with Crippen LogP contribution < -0.4 is 15.6 Å². The van der Waals surface area contributed by atoms with Crippen LogP contribution in [-0.2, 0) is 11.3 Å². The fourth-order valence-corrected chi connectivity index (χ4v) is 3.96. The van der Waals surface area contributed by atoms with Crippen LogP contribution in [0.1, 0.15) is 10.4 Å². The molecule has 0 atom stereocenters. The molecule has 0 aliphatic heterocycles. The van der Waals surface area contributed by atoms with Crippen molar-refractivity contribution in [3.05, 3.63) is 81.7 Å². The van der Waals surface area contributed by atoms with Gasteiger partial charge in [-0.3, -0.25) is 14.2 Å². The maximum atomic E-state index is 12.7. The number of hydrogen-bond acceptors (Lipinski definition) is 5. The Morgan fingerprint density at radius 1 is 1.07 bits per heavy atom. The summed E-state index contributed by atoms with van der Waals surface area (Å²) >= 11 is 1.49. The van der Waals surface area contributed by atoms with Crippen LogP contribution in [0, 0.1) is 13.8 Å². The highest BCUT2D eigenvalue weighted by Crippen LogP contribution is 2.25. The molecule has 0 aliphatic carbocycles. The molecule has 6 nitrogen and oxygen atoms in total. The summed E-state index contributed by atoms with van der Waals surface area (Å²) in [5.74, 6) is 1.11. The number of anilines is 1. The second kappa shape index (κ2) is 7.89. The monoisotopic (exact) mass is 405 g/mol. The molecule has 146 valence electrons. The first kappa shape index (κ1) is 18.9. The third-order valence-corrected chi connectivity index (χ3v) is 5.70. The summed E-state index contributed by atoms with van der Waals surface area (Å²) in [6, 6.07) is 16.5. The Bertz CT molecular complexity index is 1230. The van der Waals surface area contributed by atoms with Crippen molar-refractivity contribution in [2.75, 3.05) is 5.32 Å². The molecule has 0 unspecified atom stereocenters. The minimum Gasteiger partial charge on any atom is -0.457 e. The van der Waals surface area contributed by atoms with Crippen molar-refractivity contribution >= 4 is 33.1 Å². The van der Waals surface area contributed by atoms with Crippen molar-refractivity contribution in [3.63, 3.8) is 0 Å². The number of amides is 1. The largest absolute Gasteiger partial charge is 0.457 e. The Morgan fingerprint density at radius 2 is 1.76 bits per heavy atom. The third kappa shape index (κ3) is 4.05. The van der Waals surface area contributed by atoms with Gasteiger partial charge in [0.15, 0.2) is 0 Å². The fourth-order valence-electron chi connectivity index (χ4n) is 2.97. The third-order valence-electron chi connectivity index (χ3n) is 4.59. The molecule has 0 bridgehead atoms. The molecule has 2 aromatic heterocycles. The second-order valence-corrected chi connectivity index (χ2v) is 7.83. The summed E-state index contributed by atoms with van der Waals surface area (Å²) in [6.45, 7) is 3.77. The quantitative estimate of drug-likeness (QED) is 0.530. The minimum atomic E-state index is -0.297. The molecule has 0 saturated heterocycles. The molecular weight excluding hydrogens is 386 g/mol. The van der Waals surface area contributed by atoms with Crippen LogP contribution in [0.3, 0.4) is 0 Å². The van der Waals surface area contributed by atoms with Crippen LogP contribution in [-0.4, -0.2) is 15.5 Å². The van der Waals surface area contributed by atoms with E-state index in [0.717, 1.165) is 16.2 Å². The first-order valence-electron chi connectivity index (χ1n) is 9.09. The van der Waals surface area contributed by atoms with E-state index in [4.69, 9.17) is 4.74 Å². The number of rotatable bonds is 5. The number of aryl methyl sites for hydroxylation is 2. The van der Waals surface area contributed by atoms with E-state index in [1.807, 2.05) is 44.2 Å². The molecule has 0 radical (unpaired) electrons. The highest BCUT2D eigenvalue weighted by atomic mass is 32.1. The standard InChI is InChI=1S/C22H19N3O3S/c1-14-15(2)29-21-20(14)22(27)25(13-23-21)12-19(26)24-16-8-10-18(11-9-16)28-17-6-4-3-5-7-17/h3-11,13H,12H2,1-2H3,(H,24,26). The Hall–Kier alpha value is -3.45. The number of fused-ring (bicyclic) bond motifs is 1. The zero-order valence-electron chi connectivity index (χ0n) is 16.0. The van der Waals surface area contributed by atoms with Gasteiger partial charge in [0.25, 0.3) is 5.56 Å². The lowest BCUT2D eigenvalue weighted by Gasteiger charge is -2.09. The molecule has 0 fully saturated rings. The van der Waals surface area contributed by atoms with E-state index < -0.39 is 0 Å². The number of hydrogen-bond donors (Lipinski definition) is 1. The van der Waals surface area contributed by atoms with Gasteiger partial charge >= 0.3 is 0 Å². The van der Waals surface area contributed by atoms with Gasteiger partial charge in [0.2, 0.25) is 5.91 Å². The molecule has 4 rings (SSSR count). The number of nitrogens with zero attached hydrogens (tertiary/aromatic N) is 2. The van der Waals surface area contributed by atoms with Crippen LogP contribution in [0.15, 0.2) is 65.7 Å². The van der Waals surface area contributed by atoms with Gasteiger partial charge in [-0.2, -0.15) is 0 Å². The molecule has 1 N–H and O–H groups in total. The van der Waals surface area contributed by atoms with E-state index >= 15 is 0 Å². The van der Waals surface area contributed by atoms with Crippen LogP contribution in [0.25, 0.3) is 10.2 Å². The van der Waals surface area contributed by atoms with E-state index in [2.05, 4.69) is 10.3 Å².